The van der Waals surface area contributed by atoms with Crippen LogP contribution in [-0.2, 0) is 0 Å². The van der Waals surface area contributed by atoms with Gasteiger partial charge in [-0.15, -0.1) is 0 Å². The van der Waals surface area contributed by atoms with Crippen molar-refractivity contribution in [2.45, 2.75) is 0 Å². The molecule has 0 bridgehead atoms. The monoisotopic (exact) mass is 342 g/mol. The van der Waals surface area contributed by atoms with Crippen LogP contribution >= 0.6 is 31.9 Å². The lowest BCUT2D eigenvalue weighted by Gasteiger charge is -2.10. The molecule has 16 heavy (non-hydrogen) atoms. The maximum absolute atomic E-state index is 9.84. The molecule has 2 nitrogen and oxygen atoms in total. The second-order valence-electron chi connectivity index (χ2n) is 3.12. The fourth-order valence-electron chi connectivity index (χ4n) is 1.23. The first-order chi connectivity index (χ1) is 7.68. The number of para-hydroxylation sites is 1. The number of hydrogen-bond acceptors (Lipinski definition) is 2. The Bertz CT molecular complexity index is 498. The average Bonchev–Trinajstić information content (AvgIpc) is 2.31. The summed E-state index contributed by atoms with van der Waals surface area (Å²) in [5.74, 6) is 1.16. The van der Waals surface area contributed by atoms with E-state index in [1.54, 1.807) is 6.07 Å². The van der Waals surface area contributed by atoms with E-state index in [2.05, 4.69) is 31.9 Å². The molecule has 0 radical (unpaired) electrons. The molecule has 0 aliphatic heterocycles. The normalized spacial score (nSPS) is 10.1. The van der Waals surface area contributed by atoms with Gasteiger partial charge in [-0.1, -0.05) is 18.2 Å². The first kappa shape index (κ1) is 11.5. The SMILES string of the molecule is Oc1c(Br)ccc(Br)c1Oc1ccccc1. The van der Waals surface area contributed by atoms with Crippen molar-refractivity contribution in [3.05, 3.63) is 51.4 Å². The van der Waals surface area contributed by atoms with Crippen LogP contribution < -0.4 is 4.74 Å². The zero-order valence-corrected chi connectivity index (χ0v) is 11.3. The van der Waals surface area contributed by atoms with E-state index >= 15 is 0 Å². The highest BCUT2D eigenvalue weighted by Gasteiger charge is 2.11. The highest BCUT2D eigenvalue weighted by molar-refractivity contribution is 9.11. The van der Waals surface area contributed by atoms with Gasteiger partial charge in [-0.3, -0.25) is 0 Å². The fourth-order valence-corrected chi connectivity index (χ4v) is 1.94. The van der Waals surface area contributed by atoms with Crippen LogP contribution in [0.5, 0.6) is 17.2 Å². The van der Waals surface area contributed by atoms with E-state index in [-0.39, 0.29) is 5.75 Å². The van der Waals surface area contributed by atoms with E-state index in [1.165, 1.54) is 0 Å². The van der Waals surface area contributed by atoms with Gasteiger partial charge in [-0.2, -0.15) is 0 Å². The molecule has 0 spiro atoms. The second kappa shape index (κ2) is 4.89. The van der Waals surface area contributed by atoms with Crippen LogP contribution in [0.25, 0.3) is 0 Å². The maximum Gasteiger partial charge on any atom is 0.184 e. The third-order valence-electron chi connectivity index (χ3n) is 2.00. The topological polar surface area (TPSA) is 29.5 Å². The molecule has 2 aromatic rings. The van der Waals surface area contributed by atoms with Crippen molar-refractivity contribution < 1.29 is 9.84 Å². The van der Waals surface area contributed by atoms with Crippen LogP contribution in [0, 0.1) is 0 Å². The molecular weight excluding hydrogens is 336 g/mol. The van der Waals surface area contributed by atoms with Crippen molar-refractivity contribution in [3.63, 3.8) is 0 Å². The van der Waals surface area contributed by atoms with Crippen molar-refractivity contribution in [1.82, 2.24) is 0 Å². The lowest BCUT2D eigenvalue weighted by molar-refractivity contribution is 0.407. The number of aromatic hydroxyl groups is 1. The summed E-state index contributed by atoms with van der Waals surface area (Å²) >= 11 is 6.58. The minimum atomic E-state index is 0.0817. The second-order valence-corrected chi connectivity index (χ2v) is 4.83. The molecule has 0 saturated heterocycles. The summed E-state index contributed by atoms with van der Waals surface area (Å²) in [4.78, 5) is 0. The van der Waals surface area contributed by atoms with Crippen LogP contribution in [0.3, 0.4) is 0 Å². The third kappa shape index (κ3) is 2.39. The van der Waals surface area contributed by atoms with Gasteiger partial charge in [0.25, 0.3) is 0 Å². The molecule has 0 unspecified atom stereocenters. The Morgan fingerprint density at radius 2 is 1.50 bits per heavy atom. The lowest BCUT2D eigenvalue weighted by Crippen LogP contribution is -1.86. The molecule has 0 fully saturated rings. The van der Waals surface area contributed by atoms with Gasteiger partial charge in [0.2, 0.25) is 0 Å². The summed E-state index contributed by atoms with van der Waals surface area (Å²) in [7, 11) is 0. The number of benzene rings is 2. The summed E-state index contributed by atoms with van der Waals surface area (Å²) in [6.07, 6.45) is 0. The molecule has 0 amide bonds. The quantitative estimate of drug-likeness (QED) is 0.855. The number of hydrogen-bond donors (Lipinski definition) is 1. The van der Waals surface area contributed by atoms with Crippen molar-refractivity contribution in [3.8, 4) is 17.2 Å². The summed E-state index contributed by atoms with van der Waals surface area (Å²) in [5, 5.41) is 9.84. The Labute approximate surface area is 110 Å². The molecule has 0 aliphatic carbocycles. The predicted molar refractivity (Wildman–Crippen MR) is 70.0 cm³/mol. The number of phenolic OH excluding ortho intramolecular Hbond substituents is 1. The molecule has 0 aromatic heterocycles. The third-order valence-corrected chi connectivity index (χ3v) is 3.26. The van der Waals surface area contributed by atoms with E-state index in [4.69, 9.17) is 4.74 Å². The highest BCUT2D eigenvalue weighted by Crippen LogP contribution is 2.42. The van der Waals surface area contributed by atoms with E-state index < -0.39 is 0 Å². The van der Waals surface area contributed by atoms with Crippen LogP contribution in [0.4, 0.5) is 0 Å². The highest BCUT2D eigenvalue weighted by atomic mass is 79.9. The Kier molecular flexibility index (Phi) is 3.51. The van der Waals surface area contributed by atoms with E-state index in [0.717, 1.165) is 0 Å². The van der Waals surface area contributed by atoms with Crippen molar-refractivity contribution in [2.75, 3.05) is 0 Å². The van der Waals surface area contributed by atoms with Gasteiger partial charge in [-0.25, -0.2) is 0 Å². The first-order valence-corrected chi connectivity index (χ1v) is 6.17. The molecule has 4 heteroatoms. The number of phenols is 1. The smallest absolute Gasteiger partial charge is 0.184 e. The van der Waals surface area contributed by atoms with Crippen molar-refractivity contribution in [2.24, 2.45) is 0 Å². The summed E-state index contributed by atoms with van der Waals surface area (Å²) in [6, 6.07) is 12.9. The molecule has 0 heterocycles. The molecule has 0 saturated carbocycles. The Morgan fingerprint density at radius 1 is 0.875 bits per heavy atom. The van der Waals surface area contributed by atoms with Gasteiger partial charge in [0.05, 0.1) is 8.95 Å². The zero-order chi connectivity index (χ0) is 11.5. The minimum Gasteiger partial charge on any atom is -0.503 e. The Hall–Kier alpha value is -1.00. The summed E-state index contributed by atoms with van der Waals surface area (Å²) in [6.45, 7) is 0. The van der Waals surface area contributed by atoms with Crippen molar-refractivity contribution in [1.29, 1.82) is 0 Å². The maximum atomic E-state index is 9.84. The van der Waals surface area contributed by atoms with Gasteiger partial charge in [0.1, 0.15) is 5.75 Å². The van der Waals surface area contributed by atoms with E-state index in [1.807, 2.05) is 36.4 Å². The average molecular weight is 344 g/mol. The van der Waals surface area contributed by atoms with Crippen LogP contribution in [0.15, 0.2) is 51.4 Å². The minimum absolute atomic E-state index is 0.0817. The Morgan fingerprint density at radius 3 is 2.19 bits per heavy atom. The number of ether oxygens (including phenoxy) is 1. The fraction of sp³-hybridized carbons (Fsp3) is 0. The van der Waals surface area contributed by atoms with Gasteiger partial charge in [0.15, 0.2) is 11.5 Å². The van der Waals surface area contributed by atoms with Gasteiger partial charge < -0.3 is 9.84 Å². The molecule has 0 aliphatic rings. The lowest BCUT2D eigenvalue weighted by atomic mass is 10.3. The molecule has 82 valence electrons. The predicted octanol–water partition coefficient (Wildman–Crippen LogP) is 4.71. The number of rotatable bonds is 2. The molecular formula is C12H8Br2O2. The van der Waals surface area contributed by atoms with Crippen LogP contribution in [0.1, 0.15) is 0 Å². The first-order valence-electron chi connectivity index (χ1n) is 4.58. The molecule has 1 N–H and O–H groups in total. The number of halogens is 2. The van der Waals surface area contributed by atoms with Gasteiger partial charge >= 0.3 is 0 Å². The van der Waals surface area contributed by atoms with Crippen LogP contribution in [0.2, 0.25) is 0 Å². The molecule has 0 atom stereocenters. The molecule has 2 aromatic carbocycles. The zero-order valence-electron chi connectivity index (χ0n) is 8.15. The van der Waals surface area contributed by atoms with Crippen molar-refractivity contribution >= 4 is 31.9 Å². The van der Waals surface area contributed by atoms with E-state index in [0.29, 0.717) is 20.4 Å². The van der Waals surface area contributed by atoms with Gasteiger partial charge in [0, 0.05) is 0 Å². The Balaban J connectivity index is 2.38. The van der Waals surface area contributed by atoms with Crippen LogP contribution in [-0.4, -0.2) is 5.11 Å². The van der Waals surface area contributed by atoms with E-state index in [9.17, 15) is 5.11 Å². The summed E-state index contributed by atoms with van der Waals surface area (Å²) < 4.78 is 6.90. The summed E-state index contributed by atoms with van der Waals surface area (Å²) in [5.41, 5.74) is 0. The molecule has 2 rings (SSSR count). The largest absolute Gasteiger partial charge is 0.503 e. The van der Waals surface area contributed by atoms with Gasteiger partial charge in [-0.05, 0) is 56.1 Å². The standard InChI is InChI=1S/C12H8Br2O2/c13-9-6-7-10(14)12(11(9)15)16-8-4-2-1-3-5-8/h1-7,15H.